The predicted octanol–water partition coefficient (Wildman–Crippen LogP) is 1.83. The molecule has 0 radical (unpaired) electrons. The van der Waals surface area contributed by atoms with E-state index in [1.807, 2.05) is 12.1 Å². The standard InChI is InChI=1S/C18H20FN5O/c1-21-18(25)24-12-15-11-22(2)7-8-23(15)17(24)6-4-13-3-5-16(19)14(9-13)10-20/h3,5-6,9,15H,1,4,7-8,11-12H2,2H3/b17-6-. The number of hydrogen-bond acceptors (Lipinski definition) is 4. The van der Waals surface area contributed by atoms with Gasteiger partial charge in [-0.1, -0.05) is 6.07 Å². The van der Waals surface area contributed by atoms with Crippen molar-refractivity contribution >= 4 is 12.7 Å². The second kappa shape index (κ2) is 7.03. The first-order valence-corrected chi connectivity index (χ1v) is 8.15. The fourth-order valence-corrected chi connectivity index (χ4v) is 3.41. The number of piperazine rings is 1. The molecule has 2 aliphatic rings. The van der Waals surface area contributed by atoms with Gasteiger partial charge in [-0.15, -0.1) is 0 Å². The number of nitriles is 1. The Morgan fingerprint density at radius 3 is 3.00 bits per heavy atom. The van der Waals surface area contributed by atoms with Gasteiger partial charge < -0.3 is 9.80 Å². The topological polar surface area (TPSA) is 62.9 Å². The smallest absolute Gasteiger partial charge is 0.348 e. The highest BCUT2D eigenvalue weighted by Crippen LogP contribution is 2.28. The van der Waals surface area contributed by atoms with Crippen molar-refractivity contribution in [3.05, 3.63) is 47.0 Å². The van der Waals surface area contributed by atoms with E-state index in [1.165, 1.54) is 6.07 Å². The van der Waals surface area contributed by atoms with Crippen LogP contribution >= 0.6 is 0 Å². The third-order valence-electron chi connectivity index (χ3n) is 4.69. The van der Waals surface area contributed by atoms with Gasteiger partial charge in [-0.05, 0) is 44.0 Å². The van der Waals surface area contributed by atoms with Crippen molar-refractivity contribution in [1.82, 2.24) is 14.7 Å². The molecule has 1 atom stereocenters. The van der Waals surface area contributed by atoms with Crippen molar-refractivity contribution in [2.45, 2.75) is 12.5 Å². The summed E-state index contributed by atoms with van der Waals surface area (Å²) in [5, 5.41) is 8.96. The molecule has 0 bridgehead atoms. The Kier molecular flexibility index (Phi) is 4.81. The molecule has 0 spiro atoms. The van der Waals surface area contributed by atoms with Gasteiger partial charge >= 0.3 is 6.03 Å². The zero-order valence-corrected chi connectivity index (χ0v) is 14.2. The van der Waals surface area contributed by atoms with E-state index in [9.17, 15) is 9.18 Å². The summed E-state index contributed by atoms with van der Waals surface area (Å²) in [5.41, 5.74) is 0.850. The molecule has 130 valence electrons. The summed E-state index contributed by atoms with van der Waals surface area (Å²) < 4.78 is 13.5. The Hall–Kier alpha value is -2.72. The molecule has 2 amide bonds. The van der Waals surface area contributed by atoms with E-state index in [4.69, 9.17) is 5.26 Å². The Labute approximate surface area is 146 Å². The number of rotatable bonds is 2. The Morgan fingerprint density at radius 1 is 1.48 bits per heavy atom. The van der Waals surface area contributed by atoms with Crippen LogP contribution in [-0.2, 0) is 6.42 Å². The largest absolute Gasteiger partial charge is 0.351 e. The number of urea groups is 1. The van der Waals surface area contributed by atoms with Crippen molar-refractivity contribution in [2.24, 2.45) is 4.99 Å². The highest BCUT2D eigenvalue weighted by Gasteiger charge is 2.39. The van der Waals surface area contributed by atoms with Crippen LogP contribution in [0.2, 0.25) is 0 Å². The molecule has 0 N–H and O–H groups in total. The van der Waals surface area contributed by atoms with E-state index in [0.717, 1.165) is 31.0 Å². The van der Waals surface area contributed by atoms with Crippen LogP contribution in [0.1, 0.15) is 11.1 Å². The van der Waals surface area contributed by atoms with Crippen LogP contribution in [0.25, 0.3) is 0 Å². The molecule has 0 aliphatic carbocycles. The molecule has 2 saturated heterocycles. The van der Waals surface area contributed by atoms with Crippen LogP contribution in [0.5, 0.6) is 0 Å². The molecule has 0 saturated carbocycles. The maximum atomic E-state index is 13.5. The molecule has 3 rings (SSSR count). The Bertz CT molecular complexity index is 769. The average Bonchev–Trinajstić information content (AvgIpc) is 2.97. The van der Waals surface area contributed by atoms with Crippen molar-refractivity contribution in [3.63, 3.8) is 0 Å². The highest BCUT2D eigenvalue weighted by molar-refractivity contribution is 5.81. The van der Waals surface area contributed by atoms with Gasteiger partial charge in [0, 0.05) is 19.6 Å². The van der Waals surface area contributed by atoms with Gasteiger partial charge in [0.15, 0.2) is 0 Å². The molecule has 1 aromatic carbocycles. The van der Waals surface area contributed by atoms with Gasteiger partial charge in [0.1, 0.15) is 17.7 Å². The number of allylic oxidation sites excluding steroid dienone is 1. The van der Waals surface area contributed by atoms with Crippen molar-refractivity contribution < 1.29 is 9.18 Å². The van der Waals surface area contributed by atoms with Crippen LogP contribution in [0.4, 0.5) is 9.18 Å². The SMILES string of the molecule is C=NC(=O)N1CC2CN(C)CCN2/C1=C/Cc1ccc(F)c(C#N)c1. The van der Waals surface area contributed by atoms with Crippen molar-refractivity contribution in [2.75, 3.05) is 33.2 Å². The molecule has 6 nitrogen and oxygen atoms in total. The molecule has 25 heavy (non-hydrogen) atoms. The number of aliphatic imine (C=N–C) groups is 1. The van der Waals surface area contributed by atoms with E-state index < -0.39 is 5.82 Å². The monoisotopic (exact) mass is 341 g/mol. The minimum atomic E-state index is -0.522. The molecular formula is C18H20FN5O. The molecule has 2 aliphatic heterocycles. The maximum Gasteiger partial charge on any atom is 0.348 e. The number of amides is 2. The lowest BCUT2D eigenvalue weighted by atomic mass is 10.1. The minimum Gasteiger partial charge on any atom is -0.351 e. The van der Waals surface area contributed by atoms with Gasteiger partial charge in [-0.3, -0.25) is 4.90 Å². The van der Waals surface area contributed by atoms with Crippen molar-refractivity contribution in [3.8, 4) is 6.07 Å². The predicted molar refractivity (Wildman–Crippen MR) is 92.5 cm³/mol. The number of nitrogens with zero attached hydrogens (tertiary/aromatic N) is 5. The number of fused-ring (bicyclic) bond motifs is 1. The van der Waals surface area contributed by atoms with Gasteiger partial charge in [0.05, 0.1) is 18.2 Å². The van der Waals surface area contributed by atoms with E-state index in [2.05, 4.69) is 28.6 Å². The summed E-state index contributed by atoms with van der Waals surface area (Å²) in [6, 6.07) is 6.22. The number of halogens is 1. The van der Waals surface area contributed by atoms with Gasteiger partial charge in [0.2, 0.25) is 0 Å². The lowest BCUT2D eigenvalue weighted by Gasteiger charge is -2.36. The second-order valence-electron chi connectivity index (χ2n) is 6.35. The lowest BCUT2D eigenvalue weighted by Crippen LogP contribution is -2.48. The summed E-state index contributed by atoms with van der Waals surface area (Å²) in [6.07, 6.45) is 2.45. The van der Waals surface area contributed by atoms with Crippen LogP contribution in [-0.4, -0.2) is 66.7 Å². The number of benzene rings is 1. The van der Waals surface area contributed by atoms with Crippen LogP contribution < -0.4 is 0 Å². The summed E-state index contributed by atoms with van der Waals surface area (Å²) in [4.78, 5) is 21.8. The van der Waals surface area contributed by atoms with Gasteiger partial charge in [-0.2, -0.15) is 5.26 Å². The average molecular weight is 341 g/mol. The third kappa shape index (κ3) is 3.39. The van der Waals surface area contributed by atoms with Crippen molar-refractivity contribution in [1.29, 1.82) is 5.26 Å². The normalized spacial score (nSPS) is 22.0. The zero-order chi connectivity index (χ0) is 18.0. The number of hydrogen-bond donors (Lipinski definition) is 0. The lowest BCUT2D eigenvalue weighted by molar-refractivity contribution is 0.149. The van der Waals surface area contributed by atoms with E-state index in [1.54, 1.807) is 17.0 Å². The zero-order valence-electron chi connectivity index (χ0n) is 14.2. The number of carbonyl (C=O) groups excluding carboxylic acids is 1. The second-order valence-corrected chi connectivity index (χ2v) is 6.35. The first-order valence-electron chi connectivity index (χ1n) is 8.15. The summed E-state index contributed by atoms with van der Waals surface area (Å²) >= 11 is 0. The fourth-order valence-electron chi connectivity index (χ4n) is 3.41. The molecule has 7 heteroatoms. The summed E-state index contributed by atoms with van der Waals surface area (Å²) in [6.45, 7) is 6.57. The number of carbonyl (C=O) groups is 1. The molecule has 2 heterocycles. The van der Waals surface area contributed by atoms with E-state index in [0.29, 0.717) is 13.0 Å². The summed E-state index contributed by atoms with van der Waals surface area (Å²) in [7, 11) is 2.07. The van der Waals surface area contributed by atoms with Crippen LogP contribution in [0.3, 0.4) is 0 Å². The van der Waals surface area contributed by atoms with E-state index >= 15 is 0 Å². The van der Waals surface area contributed by atoms with Crippen LogP contribution in [0.15, 0.2) is 35.1 Å². The highest BCUT2D eigenvalue weighted by atomic mass is 19.1. The Balaban J connectivity index is 1.86. The molecule has 1 unspecified atom stereocenters. The van der Waals surface area contributed by atoms with Crippen LogP contribution in [0, 0.1) is 17.1 Å². The fraction of sp³-hybridized carbons (Fsp3) is 0.389. The first kappa shape index (κ1) is 17.1. The molecular weight excluding hydrogens is 321 g/mol. The third-order valence-corrected chi connectivity index (χ3v) is 4.69. The molecule has 2 fully saturated rings. The molecule has 0 aromatic heterocycles. The Morgan fingerprint density at radius 2 is 2.28 bits per heavy atom. The van der Waals surface area contributed by atoms with Gasteiger partial charge in [0.25, 0.3) is 0 Å². The quantitative estimate of drug-likeness (QED) is 0.770. The summed E-state index contributed by atoms with van der Waals surface area (Å²) in [5.74, 6) is 0.296. The van der Waals surface area contributed by atoms with Gasteiger partial charge in [-0.25, -0.2) is 14.2 Å². The van der Waals surface area contributed by atoms with E-state index in [-0.39, 0.29) is 17.6 Å². The maximum absolute atomic E-state index is 13.5. The first-order chi connectivity index (χ1) is 12.0. The molecule has 1 aromatic rings. The minimum absolute atomic E-state index is 0.0282. The number of likely N-dealkylation sites (N-methyl/N-ethyl adjacent to an activating group) is 1.